The molecule has 0 amide bonds. The van der Waals surface area contributed by atoms with Gasteiger partial charge in [0.1, 0.15) is 11.5 Å². The van der Waals surface area contributed by atoms with Crippen LogP contribution >= 0.6 is 15.9 Å². The Labute approximate surface area is 84.8 Å². The molecule has 0 aliphatic heterocycles. The smallest absolute Gasteiger partial charge is 0.308 e. The van der Waals surface area contributed by atoms with Crippen molar-refractivity contribution in [3.63, 3.8) is 0 Å². The molecule has 0 saturated carbocycles. The number of esters is 1. The number of halogens is 1. The quantitative estimate of drug-likeness (QED) is 0.592. The summed E-state index contributed by atoms with van der Waals surface area (Å²) in [5.41, 5.74) is 0. The van der Waals surface area contributed by atoms with Crippen LogP contribution in [0.3, 0.4) is 0 Å². The highest BCUT2D eigenvalue weighted by Crippen LogP contribution is 2.25. The standard InChI is InChI=1S/C9H9BrO3/c1-6(11)13-9-4-7(10)3-8(5-9)12-2/h3-5H,1-2H3. The van der Waals surface area contributed by atoms with Gasteiger partial charge in [-0.2, -0.15) is 0 Å². The first kappa shape index (κ1) is 10.1. The Hall–Kier alpha value is -1.03. The van der Waals surface area contributed by atoms with Crippen LogP contribution in [-0.2, 0) is 4.79 Å². The fourth-order valence-electron chi connectivity index (χ4n) is 0.880. The van der Waals surface area contributed by atoms with E-state index in [0.29, 0.717) is 11.5 Å². The van der Waals surface area contributed by atoms with E-state index < -0.39 is 0 Å². The molecule has 70 valence electrons. The minimum atomic E-state index is -0.347. The number of carbonyl (C=O) groups excluding carboxylic acids is 1. The van der Waals surface area contributed by atoms with Gasteiger partial charge in [0.2, 0.25) is 0 Å². The first-order chi connectivity index (χ1) is 6.11. The van der Waals surface area contributed by atoms with E-state index in [1.807, 2.05) is 0 Å². The summed E-state index contributed by atoms with van der Waals surface area (Å²) in [6.07, 6.45) is 0. The molecule has 4 heteroatoms. The second kappa shape index (κ2) is 4.28. The molecule has 1 aromatic rings. The molecule has 0 saturated heterocycles. The summed E-state index contributed by atoms with van der Waals surface area (Å²) >= 11 is 3.27. The molecule has 0 fully saturated rings. The Morgan fingerprint density at radius 1 is 1.31 bits per heavy atom. The molecule has 1 aromatic carbocycles. The second-order valence-electron chi connectivity index (χ2n) is 2.42. The van der Waals surface area contributed by atoms with Gasteiger partial charge >= 0.3 is 5.97 Å². The van der Waals surface area contributed by atoms with Crippen molar-refractivity contribution in [2.45, 2.75) is 6.92 Å². The van der Waals surface area contributed by atoms with Gasteiger partial charge in [0.15, 0.2) is 0 Å². The number of carbonyl (C=O) groups is 1. The number of rotatable bonds is 2. The molecule has 0 aromatic heterocycles. The number of hydrogen-bond acceptors (Lipinski definition) is 3. The zero-order valence-electron chi connectivity index (χ0n) is 7.33. The van der Waals surface area contributed by atoms with Gasteiger partial charge in [0, 0.05) is 17.5 Å². The Balaban J connectivity index is 2.94. The van der Waals surface area contributed by atoms with Gasteiger partial charge in [-0.15, -0.1) is 0 Å². The van der Waals surface area contributed by atoms with Crippen LogP contribution in [0.5, 0.6) is 11.5 Å². The van der Waals surface area contributed by atoms with Crippen LogP contribution in [-0.4, -0.2) is 13.1 Å². The van der Waals surface area contributed by atoms with Crippen LogP contribution in [0.25, 0.3) is 0 Å². The molecule has 0 unspecified atom stereocenters. The van der Waals surface area contributed by atoms with Gasteiger partial charge in [0.25, 0.3) is 0 Å². The Kier molecular flexibility index (Phi) is 3.31. The van der Waals surface area contributed by atoms with Gasteiger partial charge in [-0.25, -0.2) is 0 Å². The largest absolute Gasteiger partial charge is 0.497 e. The zero-order chi connectivity index (χ0) is 9.84. The predicted molar refractivity (Wildman–Crippen MR) is 52.0 cm³/mol. The van der Waals surface area contributed by atoms with Gasteiger partial charge in [0.05, 0.1) is 7.11 Å². The van der Waals surface area contributed by atoms with E-state index in [1.165, 1.54) is 6.92 Å². The first-order valence-electron chi connectivity index (χ1n) is 3.65. The van der Waals surface area contributed by atoms with Gasteiger partial charge < -0.3 is 9.47 Å². The van der Waals surface area contributed by atoms with Crippen molar-refractivity contribution in [1.29, 1.82) is 0 Å². The van der Waals surface area contributed by atoms with Crippen molar-refractivity contribution >= 4 is 21.9 Å². The lowest BCUT2D eigenvalue weighted by molar-refractivity contribution is -0.131. The van der Waals surface area contributed by atoms with Crippen LogP contribution in [0.4, 0.5) is 0 Å². The third kappa shape index (κ3) is 3.06. The van der Waals surface area contributed by atoms with Gasteiger partial charge in [-0.05, 0) is 12.1 Å². The number of benzene rings is 1. The van der Waals surface area contributed by atoms with Gasteiger partial charge in [-0.1, -0.05) is 15.9 Å². The van der Waals surface area contributed by atoms with Crippen LogP contribution in [0.15, 0.2) is 22.7 Å². The number of ether oxygens (including phenoxy) is 2. The number of hydrogen-bond donors (Lipinski definition) is 0. The summed E-state index contributed by atoms with van der Waals surface area (Å²) in [6.45, 7) is 1.35. The maximum Gasteiger partial charge on any atom is 0.308 e. The summed E-state index contributed by atoms with van der Waals surface area (Å²) in [4.78, 5) is 10.6. The van der Waals surface area contributed by atoms with Crippen LogP contribution in [0.1, 0.15) is 6.92 Å². The highest BCUT2D eigenvalue weighted by atomic mass is 79.9. The SMILES string of the molecule is COc1cc(Br)cc(OC(C)=O)c1. The normalized spacial score (nSPS) is 9.46. The van der Waals surface area contributed by atoms with E-state index in [2.05, 4.69) is 15.9 Å². The highest BCUT2D eigenvalue weighted by Gasteiger charge is 2.02. The monoisotopic (exact) mass is 244 g/mol. The fraction of sp³-hybridized carbons (Fsp3) is 0.222. The predicted octanol–water partition coefficient (Wildman–Crippen LogP) is 2.38. The summed E-state index contributed by atoms with van der Waals surface area (Å²) in [7, 11) is 1.55. The summed E-state index contributed by atoms with van der Waals surface area (Å²) in [6, 6.07) is 5.13. The topological polar surface area (TPSA) is 35.5 Å². The fourth-order valence-corrected chi connectivity index (χ4v) is 1.33. The van der Waals surface area contributed by atoms with Crippen molar-refractivity contribution in [2.24, 2.45) is 0 Å². The Morgan fingerprint density at radius 3 is 2.46 bits per heavy atom. The second-order valence-corrected chi connectivity index (χ2v) is 3.34. The van der Waals surface area contributed by atoms with E-state index in [1.54, 1.807) is 25.3 Å². The van der Waals surface area contributed by atoms with Crippen molar-refractivity contribution < 1.29 is 14.3 Å². The molecular formula is C9H9BrO3. The maximum absolute atomic E-state index is 10.6. The molecule has 0 aliphatic carbocycles. The zero-order valence-corrected chi connectivity index (χ0v) is 8.92. The minimum absolute atomic E-state index is 0.347. The molecule has 0 aliphatic rings. The third-order valence-electron chi connectivity index (χ3n) is 1.34. The highest BCUT2D eigenvalue weighted by molar-refractivity contribution is 9.10. The molecule has 0 spiro atoms. The third-order valence-corrected chi connectivity index (χ3v) is 1.80. The van der Waals surface area contributed by atoms with Crippen molar-refractivity contribution in [3.05, 3.63) is 22.7 Å². The van der Waals surface area contributed by atoms with E-state index in [4.69, 9.17) is 9.47 Å². The molecule has 0 atom stereocenters. The summed E-state index contributed by atoms with van der Waals surface area (Å²) in [5, 5.41) is 0. The summed E-state index contributed by atoms with van der Waals surface area (Å²) in [5.74, 6) is 0.768. The first-order valence-corrected chi connectivity index (χ1v) is 4.44. The maximum atomic E-state index is 10.6. The molecule has 1 rings (SSSR count). The lowest BCUT2D eigenvalue weighted by Crippen LogP contribution is -2.01. The van der Waals surface area contributed by atoms with E-state index in [0.717, 1.165) is 4.47 Å². The molecule has 13 heavy (non-hydrogen) atoms. The van der Waals surface area contributed by atoms with Crippen LogP contribution in [0.2, 0.25) is 0 Å². The molecule has 0 radical (unpaired) electrons. The molecule has 0 N–H and O–H groups in total. The van der Waals surface area contributed by atoms with E-state index >= 15 is 0 Å². The minimum Gasteiger partial charge on any atom is -0.497 e. The average molecular weight is 245 g/mol. The van der Waals surface area contributed by atoms with Gasteiger partial charge in [-0.3, -0.25) is 4.79 Å². The summed E-state index contributed by atoms with van der Waals surface area (Å²) < 4.78 is 10.7. The molecular weight excluding hydrogens is 236 g/mol. The van der Waals surface area contributed by atoms with Crippen LogP contribution in [0, 0.1) is 0 Å². The van der Waals surface area contributed by atoms with E-state index in [9.17, 15) is 4.79 Å². The number of methoxy groups -OCH3 is 1. The van der Waals surface area contributed by atoms with Crippen molar-refractivity contribution in [2.75, 3.05) is 7.11 Å². The molecule has 3 nitrogen and oxygen atoms in total. The molecule has 0 bridgehead atoms. The average Bonchev–Trinajstić information content (AvgIpc) is 2.01. The van der Waals surface area contributed by atoms with Crippen LogP contribution < -0.4 is 9.47 Å². The van der Waals surface area contributed by atoms with Crippen molar-refractivity contribution in [1.82, 2.24) is 0 Å². The van der Waals surface area contributed by atoms with Crippen molar-refractivity contribution in [3.8, 4) is 11.5 Å². The molecule has 0 heterocycles. The van der Waals surface area contributed by atoms with E-state index in [-0.39, 0.29) is 5.97 Å². The lowest BCUT2D eigenvalue weighted by Gasteiger charge is -2.04. The lowest BCUT2D eigenvalue weighted by atomic mass is 10.3. The Morgan fingerprint density at radius 2 is 1.92 bits per heavy atom. The Bertz CT molecular complexity index is 323.